The van der Waals surface area contributed by atoms with Crippen molar-refractivity contribution in [1.82, 2.24) is 10.2 Å². The van der Waals surface area contributed by atoms with Crippen molar-refractivity contribution in [2.75, 3.05) is 44.7 Å². The summed E-state index contributed by atoms with van der Waals surface area (Å²) in [6.45, 7) is 4.18. The van der Waals surface area contributed by atoms with Crippen molar-refractivity contribution in [3.8, 4) is 0 Å². The van der Waals surface area contributed by atoms with Crippen LogP contribution in [0, 0.1) is 0 Å². The molecule has 0 radical (unpaired) electrons. The van der Waals surface area contributed by atoms with Crippen LogP contribution >= 0.6 is 0 Å². The Morgan fingerprint density at radius 3 is 2.24 bits per heavy atom. The standard InChI is InChI=1S/C15H25N3O3/c1-2-13-3-5-14(6-4-13)17-15(21)16-7-8-18(9-11-19)10-12-20/h3-6,19-20H,2,7-12H2,1H3,(H2,16,17,21). The monoisotopic (exact) mass is 295 g/mol. The van der Waals surface area contributed by atoms with Gasteiger partial charge in [-0.05, 0) is 24.1 Å². The number of aliphatic hydroxyl groups is 2. The van der Waals surface area contributed by atoms with Gasteiger partial charge >= 0.3 is 6.03 Å². The Morgan fingerprint density at radius 1 is 1.10 bits per heavy atom. The topological polar surface area (TPSA) is 84.8 Å². The molecule has 0 aromatic heterocycles. The van der Waals surface area contributed by atoms with Crippen molar-refractivity contribution < 1.29 is 15.0 Å². The van der Waals surface area contributed by atoms with Crippen LogP contribution in [0.2, 0.25) is 0 Å². The Hall–Kier alpha value is -1.63. The molecule has 0 saturated carbocycles. The number of rotatable bonds is 9. The number of aliphatic hydroxyl groups excluding tert-OH is 2. The number of hydrogen-bond acceptors (Lipinski definition) is 4. The average Bonchev–Trinajstić information content (AvgIpc) is 2.48. The molecule has 0 unspecified atom stereocenters. The number of urea groups is 1. The lowest BCUT2D eigenvalue weighted by Gasteiger charge is -2.20. The van der Waals surface area contributed by atoms with Gasteiger partial charge in [-0.25, -0.2) is 4.79 Å². The number of aryl methyl sites for hydroxylation is 1. The van der Waals surface area contributed by atoms with Gasteiger partial charge in [-0.2, -0.15) is 0 Å². The highest BCUT2D eigenvalue weighted by molar-refractivity contribution is 5.89. The van der Waals surface area contributed by atoms with Crippen molar-refractivity contribution in [2.45, 2.75) is 13.3 Å². The van der Waals surface area contributed by atoms with Gasteiger partial charge in [0.15, 0.2) is 0 Å². The molecule has 0 fully saturated rings. The summed E-state index contributed by atoms with van der Waals surface area (Å²) in [6.07, 6.45) is 0.970. The average molecular weight is 295 g/mol. The maximum atomic E-state index is 11.7. The number of nitrogens with zero attached hydrogens (tertiary/aromatic N) is 1. The summed E-state index contributed by atoms with van der Waals surface area (Å²) in [4.78, 5) is 13.6. The lowest BCUT2D eigenvalue weighted by molar-refractivity contribution is 0.162. The van der Waals surface area contributed by atoms with E-state index in [0.29, 0.717) is 26.2 Å². The highest BCUT2D eigenvalue weighted by Crippen LogP contribution is 2.09. The van der Waals surface area contributed by atoms with E-state index in [1.54, 1.807) is 0 Å². The van der Waals surface area contributed by atoms with Gasteiger partial charge in [-0.3, -0.25) is 4.90 Å². The maximum Gasteiger partial charge on any atom is 0.319 e. The highest BCUT2D eigenvalue weighted by Gasteiger charge is 2.05. The second kappa shape index (κ2) is 10.1. The predicted octanol–water partition coefficient (Wildman–Crippen LogP) is 0.657. The second-order valence-electron chi connectivity index (χ2n) is 4.72. The Morgan fingerprint density at radius 2 is 1.71 bits per heavy atom. The lowest BCUT2D eigenvalue weighted by Crippen LogP contribution is -2.39. The smallest absolute Gasteiger partial charge is 0.319 e. The molecule has 6 nitrogen and oxygen atoms in total. The normalized spacial score (nSPS) is 10.7. The maximum absolute atomic E-state index is 11.7. The summed E-state index contributed by atoms with van der Waals surface area (Å²) in [7, 11) is 0. The van der Waals surface area contributed by atoms with E-state index in [9.17, 15) is 4.79 Å². The fourth-order valence-corrected chi connectivity index (χ4v) is 1.94. The quantitative estimate of drug-likeness (QED) is 0.539. The second-order valence-corrected chi connectivity index (χ2v) is 4.72. The van der Waals surface area contributed by atoms with E-state index in [1.807, 2.05) is 29.2 Å². The number of carbonyl (C=O) groups is 1. The van der Waals surface area contributed by atoms with Gasteiger partial charge in [0, 0.05) is 31.9 Å². The Balaban J connectivity index is 2.29. The van der Waals surface area contributed by atoms with Gasteiger partial charge in [0.25, 0.3) is 0 Å². The third-order valence-electron chi connectivity index (χ3n) is 3.17. The van der Waals surface area contributed by atoms with Crippen LogP contribution in [0.5, 0.6) is 0 Å². The van der Waals surface area contributed by atoms with E-state index in [1.165, 1.54) is 5.56 Å². The van der Waals surface area contributed by atoms with Crippen molar-refractivity contribution in [3.05, 3.63) is 29.8 Å². The van der Waals surface area contributed by atoms with Crippen LogP contribution in [0.15, 0.2) is 24.3 Å². The van der Waals surface area contributed by atoms with Crippen LogP contribution in [0.25, 0.3) is 0 Å². The van der Waals surface area contributed by atoms with E-state index < -0.39 is 0 Å². The van der Waals surface area contributed by atoms with Crippen molar-refractivity contribution in [2.24, 2.45) is 0 Å². The predicted molar refractivity (Wildman–Crippen MR) is 83.5 cm³/mol. The minimum absolute atomic E-state index is 0.0377. The molecule has 0 bridgehead atoms. The molecule has 1 rings (SSSR count). The zero-order chi connectivity index (χ0) is 15.5. The summed E-state index contributed by atoms with van der Waals surface area (Å²) in [6, 6.07) is 7.47. The van der Waals surface area contributed by atoms with Gasteiger partial charge in [0.2, 0.25) is 0 Å². The molecule has 6 heteroatoms. The largest absolute Gasteiger partial charge is 0.395 e. The van der Waals surface area contributed by atoms with E-state index in [0.717, 1.165) is 12.1 Å². The highest BCUT2D eigenvalue weighted by atomic mass is 16.3. The van der Waals surface area contributed by atoms with Crippen molar-refractivity contribution in [1.29, 1.82) is 0 Å². The van der Waals surface area contributed by atoms with E-state index in [-0.39, 0.29) is 19.2 Å². The summed E-state index contributed by atoms with van der Waals surface area (Å²) >= 11 is 0. The molecule has 0 aliphatic rings. The molecular formula is C15H25N3O3. The number of amides is 2. The molecular weight excluding hydrogens is 270 g/mol. The van der Waals surface area contributed by atoms with Gasteiger partial charge in [-0.1, -0.05) is 19.1 Å². The van der Waals surface area contributed by atoms with Crippen LogP contribution in [-0.4, -0.2) is 60.5 Å². The number of benzene rings is 1. The van der Waals surface area contributed by atoms with E-state index in [2.05, 4.69) is 17.6 Å². The van der Waals surface area contributed by atoms with Gasteiger partial charge in [-0.15, -0.1) is 0 Å². The first-order valence-electron chi connectivity index (χ1n) is 7.27. The molecule has 0 saturated heterocycles. The molecule has 0 heterocycles. The summed E-state index contributed by atoms with van der Waals surface area (Å²) < 4.78 is 0. The first-order valence-corrected chi connectivity index (χ1v) is 7.27. The summed E-state index contributed by atoms with van der Waals surface area (Å²) in [5.41, 5.74) is 1.98. The molecule has 0 spiro atoms. The third kappa shape index (κ3) is 7.08. The van der Waals surface area contributed by atoms with Gasteiger partial charge in [0.05, 0.1) is 13.2 Å². The minimum Gasteiger partial charge on any atom is -0.395 e. The van der Waals surface area contributed by atoms with Crippen LogP contribution in [-0.2, 0) is 6.42 Å². The molecule has 2 amide bonds. The first-order chi connectivity index (χ1) is 10.2. The molecule has 1 aromatic carbocycles. The van der Waals surface area contributed by atoms with Crippen molar-refractivity contribution >= 4 is 11.7 Å². The zero-order valence-electron chi connectivity index (χ0n) is 12.5. The Kier molecular flexibility index (Phi) is 8.42. The number of hydrogen-bond donors (Lipinski definition) is 4. The summed E-state index contributed by atoms with van der Waals surface area (Å²) in [5, 5.41) is 23.3. The fraction of sp³-hybridized carbons (Fsp3) is 0.533. The number of carbonyl (C=O) groups excluding carboxylic acids is 1. The number of nitrogens with one attached hydrogen (secondary N) is 2. The number of anilines is 1. The molecule has 0 atom stereocenters. The van der Waals surface area contributed by atoms with Crippen molar-refractivity contribution in [3.63, 3.8) is 0 Å². The van der Waals surface area contributed by atoms with Crippen LogP contribution in [0.4, 0.5) is 10.5 Å². The molecule has 4 N–H and O–H groups in total. The van der Waals surface area contributed by atoms with Crippen LogP contribution in [0.3, 0.4) is 0 Å². The van der Waals surface area contributed by atoms with E-state index >= 15 is 0 Å². The molecule has 118 valence electrons. The molecule has 21 heavy (non-hydrogen) atoms. The Labute approximate surface area is 125 Å². The Bertz CT molecular complexity index is 403. The minimum atomic E-state index is -0.257. The third-order valence-corrected chi connectivity index (χ3v) is 3.17. The van der Waals surface area contributed by atoms with Gasteiger partial charge in [0.1, 0.15) is 0 Å². The lowest BCUT2D eigenvalue weighted by atomic mass is 10.1. The van der Waals surface area contributed by atoms with Gasteiger partial charge < -0.3 is 20.8 Å². The SMILES string of the molecule is CCc1ccc(NC(=O)NCCN(CCO)CCO)cc1. The van der Waals surface area contributed by atoms with E-state index in [4.69, 9.17) is 10.2 Å². The zero-order valence-corrected chi connectivity index (χ0v) is 12.5. The van der Waals surface area contributed by atoms with Crippen LogP contribution < -0.4 is 10.6 Å². The first kappa shape index (κ1) is 17.4. The molecule has 0 aliphatic heterocycles. The molecule has 0 aliphatic carbocycles. The fourth-order valence-electron chi connectivity index (χ4n) is 1.94. The molecule has 1 aromatic rings. The summed E-state index contributed by atoms with van der Waals surface area (Å²) in [5.74, 6) is 0. The van der Waals surface area contributed by atoms with Crippen LogP contribution in [0.1, 0.15) is 12.5 Å².